The molecule has 0 aromatic heterocycles. The summed E-state index contributed by atoms with van der Waals surface area (Å²) < 4.78 is 44.5. The number of hydrogen-bond donors (Lipinski definition) is 0. The second-order valence-corrected chi connectivity index (χ2v) is 18.3. The maximum absolute atomic E-state index is 9.22. The standard InChI is InChI=1S/C46H96NO2.CH4O4S/c1-7-9-11-13-15-17-19-21-23-25-27-29-31-33-35-37-41-48-43-39-47(45(3)4,46(5)6)40-44-49-42-38-36-34-32-30-28-26-24-22-20-18-16-14-12-10-8-2;1-5-6(2,3)4/h45-46H,7-44H2,1-6H3;1H3,(H,2,3,4)/q+1;/p-1. The third-order valence-corrected chi connectivity index (χ3v) is 12.3. The summed E-state index contributed by atoms with van der Waals surface area (Å²) in [6.45, 7) is 20.0. The van der Waals surface area contributed by atoms with Crippen molar-refractivity contribution in [3.05, 3.63) is 0 Å². The van der Waals surface area contributed by atoms with Crippen molar-refractivity contribution in [2.45, 2.75) is 259 Å². The molecule has 8 heteroatoms. The van der Waals surface area contributed by atoms with E-state index in [0.29, 0.717) is 12.1 Å². The van der Waals surface area contributed by atoms with Gasteiger partial charge in [0, 0.05) is 13.2 Å². The van der Waals surface area contributed by atoms with Gasteiger partial charge in [0.15, 0.2) is 0 Å². The molecular weight excluding hydrogens is 707 g/mol. The van der Waals surface area contributed by atoms with Crippen molar-refractivity contribution < 1.29 is 31.1 Å². The molecular formula is C47H99NO6S. The molecule has 0 aromatic carbocycles. The Labute approximate surface area is 346 Å². The van der Waals surface area contributed by atoms with Crippen LogP contribution in [0.1, 0.15) is 247 Å². The molecule has 0 atom stereocenters. The topological polar surface area (TPSA) is 84.9 Å². The van der Waals surface area contributed by atoms with Gasteiger partial charge in [0.25, 0.3) is 0 Å². The number of ether oxygens (including phenoxy) is 2. The first-order chi connectivity index (χ1) is 26.6. The summed E-state index contributed by atoms with van der Waals surface area (Å²) in [5.74, 6) is 0. The smallest absolute Gasteiger partial charge is 0.217 e. The van der Waals surface area contributed by atoms with Gasteiger partial charge in [0.1, 0.15) is 13.1 Å². The van der Waals surface area contributed by atoms with Gasteiger partial charge in [-0.25, -0.2) is 8.42 Å². The monoisotopic (exact) mass is 806 g/mol. The van der Waals surface area contributed by atoms with Gasteiger partial charge in [-0.1, -0.05) is 206 Å². The molecule has 0 rings (SSSR count). The summed E-state index contributed by atoms with van der Waals surface area (Å²) in [4.78, 5) is 0. The number of unbranched alkanes of at least 4 members (excludes halogenated alkanes) is 30. The molecule has 0 N–H and O–H groups in total. The highest BCUT2D eigenvalue weighted by Crippen LogP contribution is 2.20. The van der Waals surface area contributed by atoms with Crippen LogP contribution in [0.15, 0.2) is 0 Å². The predicted octanol–water partition coefficient (Wildman–Crippen LogP) is 14.3. The minimum absolute atomic E-state index is 0.596. The maximum atomic E-state index is 9.22. The van der Waals surface area contributed by atoms with Crippen molar-refractivity contribution in [3.63, 3.8) is 0 Å². The maximum Gasteiger partial charge on any atom is 0.217 e. The number of hydrogen-bond acceptors (Lipinski definition) is 6. The highest BCUT2D eigenvalue weighted by atomic mass is 32.3. The van der Waals surface area contributed by atoms with Crippen LogP contribution in [0, 0.1) is 0 Å². The van der Waals surface area contributed by atoms with Crippen LogP contribution >= 0.6 is 0 Å². The highest BCUT2D eigenvalue weighted by Gasteiger charge is 2.34. The average molecular weight is 806 g/mol. The molecule has 7 nitrogen and oxygen atoms in total. The fourth-order valence-electron chi connectivity index (χ4n) is 7.92. The molecule has 0 aromatic rings. The van der Waals surface area contributed by atoms with Crippen LogP contribution in [0.5, 0.6) is 0 Å². The third-order valence-electron chi connectivity index (χ3n) is 11.8. The molecule has 0 aliphatic rings. The summed E-state index contributed by atoms with van der Waals surface area (Å²) in [5.41, 5.74) is 0. The lowest BCUT2D eigenvalue weighted by molar-refractivity contribution is -0.967. The van der Waals surface area contributed by atoms with E-state index in [1.807, 2.05) is 0 Å². The first kappa shape index (κ1) is 56.8. The fraction of sp³-hybridized carbons (Fsp3) is 1.00. The van der Waals surface area contributed by atoms with Crippen molar-refractivity contribution in [1.29, 1.82) is 0 Å². The lowest BCUT2D eigenvalue weighted by atomic mass is 10.0. The summed E-state index contributed by atoms with van der Waals surface area (Å²) in [5, 5.41) is 0. The molecule has 0 fully saturated rings. The Morgan fingerprint density at radius 3 is 0.782 bits per heavy atom. The molecule has 0 spiro atoms. The Morgan fingerprint density at radius 1 is 0.400 bits per heavy atom. The molecule has 0 radical (unpaired) electrons. The third kappa shape index (κ3) is 41.7. The van der Waals surface area contributed by atoms with Gasteiger partial charge in [0.05, 0.1) is 32.4 Å². The molecule has 0 heterocycles. The second kappa shape index (κ2) is 43.3. The molecule has 55 heavy (non-hydrogen) atoms. The first-order valence-corrected chi connectivity index (χ1v) is 25.4. The van der Waals surface area contributed by atoms with Gasteiger partial charge in [-0.05, 0) is 40.5 Å². The molecule has 0 unspecified atom stereocenters. The van der Waals surface area contributed by atoms with Gasteiger partial charge < -0.3 is 18.5 Å². The summed E-state index contributed by atoms with van der Waals surface area (Å²) >= 11 is 0. The number of nitrogens with zero attached hydrogens (tertiary/aromatic N) is 1. The zero-order chi connectivity index (χ0) is 41.1. The van der Waals surface area contributed by atoms with Crippen LogP contribution in [-0.4, -0.2) is 76.2 Å². The van der Waals surface area contributed by atoms with Gasteiger partial charge in [-0.15, -0.1) is 0 Å². The van der Waals surface area contributed by atoms with Crippen molar-refractivity contribution in [2.24, 2.45) is 0 Å². The first-order valence-electron chi connectivity index (χ1n) is 24.1. The quantitative estimate of drug-likeness (QED) is 0.0264. The zero-order valence-corrected chi connectivity index (χ0v) is 39.1. The molecule has 334 valence electrons. The summed E-state index contributed by atoms with van der Waals surface area (Å²) in [6, 6.07) is 1.19. The van der Waals surface area contributed by atoms with E-state index in [1.165, 1.54) is 205 Å². The van der Waals surface area contributed by atoms with Gasteiger partial charge in [-0.3, -0.25) is 4.18 Å². The van der Waals surface area contributed by atoms with Crippen LogP contribution in [0.25, 0.3) is 0 Å². The lowest BCUT2D eigenvalue weighted by Crippen LogP contribution is -2.60. The SMILES string of the molecule is CCCCCCCCCCCCCCCCCCOCC[N+](CCOCCCCCCCCCCCCCCCCCC)(C(C)C)C(C)C.COS(=O)(=O)[O-]. The van der Waals surface area contributed by atoms with E-state index in [1.54, 1.807) is 0 Å². The Kier molecular flexibility index (Phi) is 44.8. The van der Waals surface area contributed by atoms with Crippen molar-refractivity contribution in [3.8, 4) is 0 Å². The van der Waals surface area contributed by atoms with E-state index in [9.17, 15) is 13.0 Å². The second-order valence-electron chi connectivity index (χ2n) is 17.1. The highest BCUT2D eigenvalue weighted by molar-refractivity contribution is 7.80. The minimum Gasteiger partial charge on any atom is -0.726 e. The largest absolute Gasteiger partial charge is 0.726 e. The van der Waals surface area contributed by atoms with Crippen LogP contribution in [-0.2, 0) is 24.1 Å². The van der Waals surface area contributed by atoms with Crippen molar-refractivity contribution >= 4 is 10.4 Å². The number of quaternary nitrogens is 1. The van der Waals surface area contributed by atoms with Crippen molar-refractivity contribution in [2.75, 3.05) is 46.6 Å². The van der Waals surface area contributed by atoms with E-state index in [2.05, 4.69) is 45.7 Å². The van der Waals surface area contributed by atoms with E-state index in [0.717, 1.165) is 51.1 Å². The summed E-state index contributed by atoms with van der Waals surface area (Å²) in [7, 11) is -3.60. The number of rotatable bonds is 43. The average Bonchev–Trinajstić information content (AvgIpc) is 3.15. The predicted molar refractivity (Wildman–Crippen MR) is 238 cm³/mol. The lowest BCUT2D eigenvalue weighted by Gasteiger charge is -2.46. The fourth-order valence-corrected chi connectivity index (χ4v) is 7.92. The molecule has 0 saturated carbocycles. The zero-order valence-electron chi connectivity index (χ0n) is 38.3. The van der Waals surface area contributed by atoms with Gasteiger partial charge >= 0.3 is 0 Å². The Bertz CT molecular complexity index is 785. The van der Waals surface area contributed by atoms with Crippen LogP contribution in [0.4, 0.5) is 0 Å². The Hall–Kier alpha value is -0.250. The van der Waals surface area contributed by atoms with Gasteiger partial charge in [-0.2, -0.15) is 0 Å². The summed E-state index contributed by atoms with van der Waals surface area (Å²) in [6.07, 6.45) is 45.4. The van der Waals surface area contributed by atoms with E-state index < -0.39 is 10.4 Å². The Morgan fingerprint density at radius 2 is 0.600 bits per heavy atom. The van der Waals surface area contributed by atoms with E-state index in [-0.39, 0.29) is 0 Å². The molecule has 0 amide bonds. The van der Waals surface area contributed by atoms with E-state index in [4.69, 9.17) is 9.47 Å². The Balaban J connectivity index is 0. The van der Waals surface area contributed by atoms with Gasteiger partial charge in [0.2, 0.25) is 10.4 Å². The molecule has 0 bridgehead atoms. The molecule has 0 aliphatic heterocycles. The minimum atomic E-state index is -4.41. The van der Waals surface area contributed by atoms with Crippen LogP contribution in [0.2, 0.25) is 0 Å². The van der Waals surface area contributed by atoms with Crippen molar-refractivity contribution in [1.82, 2.24) is 0 Å². The molecule has 0 saturated heterocycles. The molecule has 0 aliphatic carbocycles. The van der Waals surface area contributed by atoms with E-state index >= 15 is 0 Å². The van der Waals surface area contributed by atoms with Crippen LogP contribution in [0.3, 0.4) is 0 Å². The van der Waals surface area contributed by atoms with Crippen LogP contribution < -0.4 is 0 Å². The normalized spacial score (nSPS) is 12.2.